The zero-order valence-corrected chi connectivity index (χ0v) is 15.2. The summed E-state index contributed by atoms with van der Waals surface area (Å²) in [6.07, 6.45) is 3.46. The summed E-state index contributed by atoms with van der Waals surface area (Å²) in [6, 6.07) is 18.3. The molecule has 0 radical (unpaired) electrons. The lowest BCUT2D eigenvalue weighted by Gasteiger charge is -2.11. The van der Waals surface area contributed by atoms with Crippen molar-refractivity contribution in [3.63, 3.8) is 0 Å². The Morgan fingerprint density at radius 1 is 0.962 bits per heavy atom. The molecule has 0 unspecified atom stereocenters. The van der Waals surface area contributed by atoms with Crippen molar-refractivity contribution in [2.24, 2.45) is 0 Å². The quantitative estimate of drug-likeness (QED) is 0.630. The molecule has 2 N–H and O–H groups in total. The highest BCUT2D eigenvalue weighted by Gasteiger charge is 2.03. The smallest absolute Gasteiger partial charge is 0.135 e. The lowest BCUT2D eigenvalue weighted by atomic mass is 10.1. The minimum Gasteiger partial charge on any atom is -0.497 e. The molecular weight excluding hydrogens is 324 g/mol. The van der Waals surface area contributed by atoms with Crippen LogP contribution in [0.2, 0.25) is 0 Å². The number of anilines is 3. The maximum Gasteiger partial charge on any atom is 0.135 e. The van der Waals surface area contributed by atoms with Gasteiger partial charge < -0.3 is 15.4 Å². The van der Waals surface area contributed by atoms with E-state index in [0.29, 0.717) is 0 Å². The first kappa shape index (κ1) is 17.7. The number of aromatic nitrogens is 2. The topological polar surface area (TPSA) is 59.1 Å². The number of ether oxygens (including phenoxy) is 1. The van der Waals surface area contributed by atoms with Gasteiger partial charge in [-0.2, -0.15) is 0 Å². The highest BCUT2D eigenvalue weighted by molar-refractivity contribution is 5.62. The van der Waals surface area contributed by atoms with E-state index in [1.165, 1.54) is 11.1 Å². The standard InChI is InChI=1S/C21H24N4O/c1-3-17-6-4-5-7-19(17)25-21-14-20(23-15-24-21)22-13-12-16-8-10-18(26-2)11-9-16/h4-11,14-15H,3,12-13H2,1-2H3,(H2,22,23,24,25). The van der Waals surface area contributed by atoms with Crippen LogP contribution in [-0.4, -0.2) is 23.6 Å². The van der Waals surface area contributed by atoms with E-state index < -0.39 is 0 Å². The normalized spacial score (nSPS) is 10.4. The highest BCUT2D eigenvalue weighted by Crippen LogP contribution is 2.21. The summed E-state index contributed by atoms with van der Waals surface area (Å²) in [5.41, 5.74) is 3.60. The van der Waals surface area contributed by atoms with Crippen molar-refractivity contribution in [2.75, 3.05) is 24.3 Å². The Hall–Kier alpha value is -3.08. The molecule has 0 aliphatic heterocycles. The van der Waals surface area contributed by atoms with Crippen LogP contribution in [0, 0.1) is 0 Å². The minimum atomic E-state index is 0.785. The number of nitrogens with one attached hydrogen (secondary N) is 2. The fourth-order valence-electron chi connectivity index (χ4n) is 2.74. The molecule has 0 saturated carbocycles. The molecule has 3 aromatic rings. The summed E-state index contributed by atoms with van der Waals surface area (Å²) in [7, 11) is 1.68. The van der Waals surface area contributed by atoms with E-state index in [1.54, 1.807) is 13.4 Å². The summed E-state index contributed by atoms with van der Waals surface area (Å²) in [5, 5.41) is 6.73. The Morgan fingerprint density at radius 2 is 1.73 bits per heavy atom. The Labute approximate surface area is 154 Å². The SMILES string of the molecule is CCc1ccccc1Nc1cc(NCCc2ccc(OC)cc2)ncn1. The molecule has 26 heavy (non-hydrogen) atoms. The number of para-hydroxylation sites is 1. The minimum absolute atomic E-state index is 0.785. The largest absolute Gasteiger partial charge is 0.497 e. The van der Waals surface area contributed by atoms with Crippen LogP contribution in [0.15, 0.2) is 60.9 Å². The molecule has 0 bridgehead atoms. The highest BCUT2D eigenvalue weighted by atomic mass is 16.5. The van der Waals surface area contributed by atoms with Gasteiger partial charge in [-0.15, -0.1) is 0 Å². The van der Waals surface area contributed by atoms with E-state index in [4.69, 9.17) is 4.74 Å². The van der Waals surface area contributed by atoms with Crippen LogP contribution < -0.4 is 15.4 Å². The van der Waals surface area contributed by atoms with Gasteiger partial charge in [-0.1, -0.05) is 37.3 Å². The van der Waals surface area contributed by atoms with Crippen molar-refractivity contribution in [1.29, 1.82) is 0 Å². The third kappa shape index (κ3) is 4.72. The van der Waals surface area contributed by atoms with Crippen LogP contribution in [0.1, 0.15) is 18.1 Å². The molecule has 134 valence electrons. The van der Waals surface area contributed by atoms with Crippen LogP contribution in [0.3, 0.4) is 0 Å². The predicted octanol–water partition coefficient (Wildman–Crippen LogP) is 4.45. The van der Waals surface area contributed by atoms with Crippen LogP contribution in [0.4, 0.5) is 17.3 Å². The van der Waals surface area contributed by atoms with Gasteiger partial charge in [0.15, 0.2) is 0 Å². The molecule has 0 aliphatic rings. The maximum atomic E-state index is 5.18. The summed E-state index contributed by atoms with van der Waals surface area (Å²) < 4.78 is 5.18. The average molecular weight is 348 g/mol. The number of hydrogen-bond donors (Lipinski definition) is 2. The van der Waals surface area contributed by atoms with Gasteiger partial charge in [-0.25, -0.2) is 9.97 Å². The van der Waals surface area contributed by atoms with Crippen LogP contribution in [0.5, 0.6) is 5.75 Å². The molecule has 2 aromatic carbocycles. The fraction of sp³-hybridized carbons (Fsp3) is 0.238. The maximum absolute atomic E-state index is 5.18. The molecule has 1 aromatic heterocycles. The van der Waals surface area contributed by atoms with Crippen LogP contribution in [-0.2, 0) is 12.8 Å². The van der Waals surface area contributed by atoms with E-state index >= 15 is 0 Å². The van der Waals surface area contributed by atoms with Crippen molar-refractivity contribution in [3.8, 4) is 5.75 Å². The third-order valence-corrected chi connectivity index (χ3v) is 4.21. The Bertz CT molecular complexity index is 833. The van der Waals surface area contributed by atoms with Crippen molar-refractivity contribution in [1.82, 2.24) is 9.97 Å². The molecule has 5 nitrogen and oxygen atoms in total. The second-order valence-electron chi connectivity index (χ2n) is 5.95. The number of rotatable bonds is 8. The van der Waals surface area contributed by atoms with E-state index in [0.717, 1.165) is 42.5 Å². The number of hydrogen-bond acceptors (Lipinski definition) is 5. The lowest BCUT2D eigenvalue weighted by Crippen LogP contribution is -2.07. The summed E-state index contributed by atoms with van der Waals surface area (Å²) in [4.78, 5) is 8.62. The second kappa shape index (κ2) is 8.85. The first-order chi connectivity index (χ1) is 12.8. The van der Waals surface area contributed by atoms with Gasteiger partial charge in [-0.05, 0) is 42.2 Å². The van der Waals surface area contributed by atoms with Gasteiger partial charge in [0.25, 0.3) is 0 Å². The number of methoxy groups -OCH3 is 1. The van der Waals surface area contributed by atoms with Crippen LogP contribution in [0.25, 0.3) is 0 Å². The molecule has 1 heterocycles. The summed E-state index contributed by atoms with van der Waals surface area (Å²) >= 11 is 0. The van der Waals surface area contributed by atoms with Crippen molar-refractivity contribution >= 4 is 17.3 Å². The third-order valence-electron chi connectivity index (χ3n) is 4.21. The molecule has 0 saturated heterocycles. The van der Waals surface area contributed by atoms with Gasteiger partial charge in [-0.3, -0.25) is 0 Å². The van der Waals surface area contributed by atoms with Gasteiger partial charge >= 0.3 is 0 Å². The van der Waals surface area contributed by atoms with Gasteiger partial charge in [0.05, 0.1) is 7.11 Å². The average Bonchev–Trinajstić information content (AvgIpc) is 2.69. The Morgan fingerprint density at radius 3 is 2.50 bits per heavy atom. The fourth-order valence-corrected chi connectivity index (χ4v) is 2.74. The first-order valence-corrected chi connectivity index (χ1v) is 8.82. The zero-order chi connectivity index (χ0) is 18.2. The molecule has 0 fully saturated rings. The predicted molar refractivity (Wildman–Crippen MR) is 106 cm³/mol. The lowest BCUT2D eigenvalue weighted by molar-refractivity contribution is 0.414. The van der Waals surface area contributed by atoms with Crippen LogP contribution >= 0.6 is 0 Å². The van der Waals surface area contributed by atoms with Gasteiger partial charge in [0.2, 0.25) is 0 Å². The Balaban J connectivity index is 1.58. The first-order valence-electron chi connectivity index (χ1n) is 8.82. The van der Waals surface area contributed by atoms with Crippen molar-refractivity contribution < 1.29 is 4.74 Å². The van der Waals surface area contributed by atoms with Crippen molar-refractivity contribution in [3.05, 3.63) is 72.1 Å². The monoisotopic (exact) mass is 348 g/mol. The van der Waals surface area contributed by atoms with E-state index in [2.05, 4.69) is 57.9 Å². The number of aryl methyl sites for hydroxylation is 1. The zero-order valence-electron chi connectivity index (χ0n) is 15.2. The van der Waals surface area contributed by atoms with Gasteiger partial charge in [0, 0.05) is 18.3 Å². The number of benzene rings is 2. The molecule has 0 amide bonds. The molecule has 0 atom stereocenters. The molecule has 3 rings (SSSR count). The Kier molecular flexibility index (Phi) is 6.04. The second-order valence-corrected chi connectivity index (χ2v) is 5.95. The van der Waals surface area contributed by atoms with Gasteiger partial charge in [0.1, 0.15) is 23.7 Å². The van der Waals surface area contributed by atoms with E-state index in [1.807, 2.05) is 24.3 Å². The number of nitrogens with zero attached hydrogens (tertiary/aromatic N) is 2. The molecular formula is C21H24N4O. The molecule has 5 heteroatoms. The van der Waals surface area contributed by atoms with Crippen molar-refractivity contribution in [2.45, 2.75) is 19.8 Å². The van der Waals surface area contributed by atoms with E-state index in [9.17, 15) is 0 Å². The van der Waals surface area contributed by atoms with E-state index in [-0.39, 0.29) is 0 Å². The molecule has 0 aliphatic carbocycles. The summed E-state index contributed by atoms with van der Waals surface area (Å²) in [5.74, 6) is 2.47. The molecule has 0 spiro atoms. The summed E-state index contributed by atoms with van der Waals surface area (Å²) in [6.45, 7) is 2.95.